The standard InChI is InChI=1S/C55H41N5/c1-2-3-17-37-18-14-23-40(34-37)41-24-15-26-43(35-41)54-56-53(39-21-8-5-9-22-39)57-55(58-54)60-48-31-13-11-29-46(48)52-50(60)33-32-49-51(52)45-28-10-12-30-47(45)59(49)44-27-16-25-42(36-44)38-19-6-4-7-20-38/h4-16,18-36H,2-3,17H2,1H3. The monoisotopic (exact) mass is 771 g/mol. The summed E-state index contributed by atoms with van der Waals surface area (Å²) in [5.41, 5.74) is 13.5. The number of para-hydroxylation sites is 2. The van der Waals surface area contributed by atoms with Gasteiger partial charge in [-0.25, -0.2) is 4.98 Å². The highest BCUT2D eigenvalue weighted by Crippen LogP contribution is 2.42. The van der Waals surface area contributed by atoms with Crippen LogP contribution < -0.4 is 0 Å². The normalized spacial score (nSPS) is 11.6. The molecule has 0 unspecified atom stereocenters. The molecule has 0 fully saturated rings. The summed E-state index contributed by atoms with van der Waals surface area (Å²) in [7, 11) is 0. The zero-order valence-electron chi connectivity index (χ0n) is 33.3. The van der Waals surface area contributed by atoms with E-state index >= 15 is 0 Å². The summed E-state index contributed by atoms with van der Waals surface area (Å²) < 4.78 is 4.63. The molecule has 3 heterocycles. The molecule has 0 saturated heterocycles. The fourth-order valence-electron chi connectivity index (χ4n) is 8.90. The lowest BCUT2D eigenvalue weighted by Crippen LogP contribution is -2.06. The lowest BCUT2D eigenvalue weighted by atomic mass is 9.99. The summed E-state index contributed by atoms with van der Waals surface area (Å²) >= 11 is 0. The molecule has 0 atom stereocenters. The number of rotatable bonds is 9. The van der Waals surface area contributed by atoms with Gasteiger partial charge in [0.2, 0.25) is 5.95 Å². The molecule has 3 aromatic heterocycles. The van der Waals surface area contributed by atoms with Crippen LogP contribution in [0, 0.1) is 0 Å². The van der Waals surface area contributed by atoms with Crippen molar-refractivity contribution in [1.82, 2.24) is 24.1 Å². The van der Waals surface area contributed by atoms with Crippen LogP contribution in [0.2, 0.25) is 0 Å². The van der Waals surface area contributed by atoms with E-state index in [1.807, 2.05) is 18.2 Å². The van der Waals surface area contributed by atoms with Crippen molar-refractivity contribution in [1.29, 1.82) is 0 Å². The first-order valence-electron chi connectivity index (χ1n) is 20.8. The molecule has 60 heavy (non-hydrogen) atoms. The van der Waals surface area contributed by atoms with E-state index in [0.29, 0.717) is 17.6 Å². The highest BCUT2D eigenvalue weighted by Gasteiger charge is 2.23. The first-order chi connectivity index (χ1) is 29.7. The molecule has 11 aromatic rings. The zero-order valence-corrected chi connectivity index (χ0v) is 33.3. The van der Waals surface area contributed by atoms with Crippen LogP contribution in [0.5, 0.6) is 0 Å². The van der Waals surface area contributed by atoms with Gasteiger partial charge in [0, 0.05) is 38.4 Å². The van der Waals surface area contributed by atoms with Crippen molar-refractivity contribution in [3.05, 3.63) is 200 Å². The van der Waals surface area contributed by atoms with Gasteiger partial charge in [-0.2, -0.15) is 9.97 Å². The number of aromatic nitrogens is 5. The molecule has 0 amide bonds. The second-order valence-electron chi connectivity index (χ2n) is 15.5. The Kier molecular flexibility index (Phi) is 8.85. The van der Waals surface area contributed by atoms with Crippen molar-refractivity contribution in [3.8, 4) is 56.7 Å². The van der Waals surface area contributed by atoms with Gasteiger partial charge in [-0.3, -0.25) is 4.57 Å². The molecule has 5 nitrogen and oxygen atoms in total. The van der Waals surface area contributed by atoms with Crippen molar-refractivity contribution < 1.29 is 0 Å². The first-order valence-corrected chi connectivity index (χ1v) is 20.8. The molecule has 0 N–H and O–H groups in total. The van der Waals surface area contributed by atoms with E-state index in [2.05, 4.69) is 192 Å². The fraction of sp³-hybridized carbons (Fsp3) is 0.0727. The van der Waals surface area contributed by atoms with Gasteiger partial charge in [0.15, 0.2) is 11.6 Å². The molecule has 0 aliphatic heterocycles. The van der Waals surface area contributed by atoms with Crippen LogP contribution in [0.15, 0.2) is 194 Å². The van der Waals surface area contributed by atoms with Crippen molar-refractivity contribution in [2.24, 2.45) is 0 Å². The minimum absolute atomic E-state index is 0.579. The zero-order chi connectivity index (χ0) is 40.0. The van der Waals surface area contributed by atoms with Crippen LogP contribution in [-0.4, -0.2) is 24.1 Å². The van der Waals surface area contributed by atoms with Crippen LogP contribution in [0.4, 0.5) is 0 Å². The Hall–Kier alpha value is -7.63. The first kappa shape index (κ1) is 35.5. The van der Waals surface area contributed by atoms with E-state index < -0.39 is 0 Å². The fourth-order valence-corrected chi connectivity index (χ4v) is 8.90. The summed E-state index contributed by atoms with van der Waals surface area (Å²) in [6, 6.07) is 69.1. The molecular weight excluding hydrogens is 731 g/mol. The molecule has 0 aliphatic rings. The highest BCUT2D eigenvalue weighted by atomic mass is 15.2. The number of unbranched alkanes of at least 4 members (excludes halogenated alkanes) is 1. The minimum atomic E-state index is 0.579. The van der Waals surface area contributed by atoms with Crippen molar-refractivity contribution >= 4 is 43.6 Å². The number of aryl methyl sites for hydroxylation is 1. The maximum atomic E-state index is 5.33. The van der Waals surface area contributed by atoms with E-state index in [1.165, 1.54) is 51.3 Å². The molecule has 11 rings (SSSR count). The Balaban J connectivity index is 1.14. The summed E-state index contributed by atoms with van der Waals surface area (Å²) in [6.07, 6.45) is 3.43. The smallest absolute Gasteiger partial charge is 0.238 e. The van der Waals surface area contributed by atoms with Crippen molar-refractivity contribution in [2.75, 3.05) is 0 Å². The molecule has 5 heteroatoms. The van der Waals surface area contributed by atoms with Crippen molar-refractivity contribution in [2.45, 2.75) is 26.2 Å². The Bertz CT molecular complexity index is 3360. The van der Waals surface area contributed by atoms with Gasteiger partial charge in [0.1, 0.15) is 0 Å². The molecule has 0 saturated carbocycles. The summed E-state index contributed by atoms with van der Waals surface area (Å²) in [4.78, 5) is 15.8. The SMILES string of the molecule is CCCCc1cccc(-c2cccc(-c3nc(-c4ccccc4)nc(-n4c5ccccc5c5c6c7ccccc7n(-c7cccc(-c8ccccc8)c7)c6ccc54)n3)c2)c1. The minimum Gasteiger partial charge on any atom is -0.309 e. The molecular formula is C55H41N5. The third-order valence-corrected chi connectivity index (χ3v) is 11.7. The van der Waals surface area contributed by atoms with Gasteiger partial charge in [0.05, 0.1) is 22.1 Å². The summed E-state index contributed by atoms with van der Waals surface area (Å²) in [5.74, 6) is 1.84. The number of hydrogen-bond donors (Lipinski definition) is 0. The third kappa shape index (κ3) is 6.14. The second-order valence-corrected chi connectivity index (χ2v) is 15.5. The van der Waals surface area contributed by atoms with Gasteiger partial charge >= 0.3 is 0 Å². The van der Waals surface area contributed by atoms with E-state index in [-0.39, 0.29) is 0 Å². The quantitative estimate of drug-likeness (QED) is 0.147. The predicted molar refractivity (Wildman–Crippen MR) is 249 cm³/mol. The van der Waals surface area contributed by atoms with E-state index in [4.69, 9.17) is 15.0 Å². The van der Waals surface area contributed by atoms with Gasteiger partial charge in [-0.15, -0.1) is 0 Å². The van der Waals surface area contributed by atoms with Crippen molar-refractivity contribution in [3.63, 3.8) is 0 Å². The Morgan fingerprint density at radius 1 is 0.383 bits per heavy atom. The molecule has 286 valence electrons. The van der Waals surface area contributed by atoms with Gasteiger partial charge < -0.3 is 4.57 Å². The Morgan fingerprint density at radius 2 is 0.900 bits per heavy atom. The van der Waals surface area contributed by atoms with E-state index in [9.17, 15) is 0 Å². The van der Waals surface area contributed by atoms with Gasteiger partial charge in [-0.05, 0) is 83.1 Å². The van der Waals surface area contributed by atoms with Crippen LogP contribution in [0.3, 0.4) is 0 Å². The number of benzene rings is 8. The van der Waals surface area contributed by atoms with Crippen LogP contribution in [0.1, 0.15) is 25.3 Å². The highest BCUT2D eigenvalue weighted by molar-refractivity contribution is 6.28. The molecule has 8 aromatic carbocycles. The van der Waals surface area contributed by atoms with Crippen LogP contribution in [-0.2, 0) is 6.42 Å². The number of fused-ring (bicyclic) bond motifs is 7. The number of hydrogen-bond acceptors (Lipinski definition) is 3. The molecule has 0 spiro atoms. The Labute approximate surface area is 348 Å². The topological polar surface area (TPSA) is 48.5 Å². The number of nitrogens with zero attached hydrogens (tertiary/aromatic N) is 5. The van der Waals surface area contributed by atoms with Crippen LogP contribution in [0.25, 0.3) is 100 Å². The maximum Gasteiger partial charge on any atom is 0.238 e. The lowest BCUT2D eigenvalue weighted by Gasteiger charge is -2.12. The van der Waals surface area contributed by atoms with Crippen LogP contribution >= 0.6 is 0 Å². The molecule has 0 bridgehead atoms. The predicted octanol–water partition coefficient (Wildman–Crippen LogP) is 14.1. The van der Waals surface area contributed by atoms with E-state index in [0.717, 1.165) is 56.3 Å². The van der Waals surface area contributed by atoms with Gasteiger partial charge in [-0.1, -0.05) is 165 Å². The third-order valence-electron chi connectivity index (χ3n) is 11.7. The summed E-state index contributed by atoms with van der Waals surface area (Å²) in [6.45, 7) is 2.24. The van der Waals surface area contributed by atoms with Gasteiger partial charge in [0.25, 0.3) is 0 Å². The second kappa shape index (κ2) is 14.9. The largest absolute Gasteiger partial charge is 0.309 e. The molecule has 0 radical (unpaired) electrons. The Morgan fingerprint density at radius 3 is 1.60 bits per heavy atom. The lowest BCUT2D eigenvalue weighted by molar-refractivity contribution is 0.795. The molecule has 0 aliphatic carbocycles. The average Bonchev–Trinajstić information content (AvgIpc) is 3.84. The van der Waals surface area contributed by atoms with E-state index in [1.54, 1.807) is 0 Å². The summed E-state index contributed by atoms with van der Waals surface area (Å²) in [5, 5.41) is 4.72. The average molecular weight is 772 g/mol. The maximum absolute atomic E-state index is 5.33.